The van der Waals surface area contributed by atoms with E-state index in [9.17, 15) is 18.8 Å². The standard InChI is InChI=1S/C26H23FN2O4/c1-15-9-10-19(12-23(15)27)29-16(2)11-22(18(29)4)24(30)14-33-25(31)13-28-17(3)20-7-5-6-8-21(20)26(28)32/h5-12H,3,13-14H2,1-2,4H3. The van der Waals surface area contributed by atoms with Gasteiger partial charge in [0.05, 0.1) is 0 Å². The highest BCUT2D eigenvalue weighted by Gasteiger charge is 2.32. The number of benzene rings is 2. The fourth-order valence-electron chi connectivity index (χ4n) is 4.06. The highest BCUT2D eigenvalue weighted by Crippen LogP contribution is 2.30. The first-order valence-electron chi connectivity index (χ1n) is 10.4. The van der Waals surface area contributed by atoms with Gasteiger partial charge in [0.2, 0.25) is 5.78 Å². The molecular weight excluding hydrogens is 423 g/mol. The maximum atomic E-state index is 14.0. The molecule has 1 aromatic heterocycles. The second-order valence-electron chi connectivity index (χ2n) is 8.02. The number of nitrogens with zero attached hydrogens (tertiary/aromatic N) is 2. The summed E-state index contributed by atoms with van der Waals surface area (Å²) in [5, 5.41) is 0. The van der Waals surface area contributed by atoms with Crippen molar-refractivity contribution in [2.75, 3.05) is 13.2 Å². The van der Waals surface area contributed by atoms with E-state index in [1.165, 1.54) is 11.0 Å². The Hall–Kier alpha value is -4.00. The first-order chi connectivity index (χ1) is 15.7. The lowest BCUT2D eigenvalue weighted by atomic mass is 10.1. The molecule has 0 spiro atoms. The lowest BCUT2D eigenvalue weighted by Crippen LogP contribution is -2.31. The third-order valence-corrected chi connectivity index (χ3v) is 5.84. The van der Waals surface area contributed by atoms with Crippen molar-refractivity contribution in [3.05, 3.63) is 94.6 Å². The van der Waals surface area contributed by atoms with E-state index < -0.39 is 12.6 Å². The topological polar surface area (TPSA) is 68.6 Å². The molecule has 0 bridgehead atoms. The van der Waals surface area contributed by atoms with Gasteiger partial charge in [-0.05, 0) is 50.6 Å². The lowest BCUT2D eigenvalue weighted by Gasteiger charge is -2.16. The van der Waals surface area contributed by atoms with Crippen molar-refractivity contribution in [3.63, 3.8) is 0 Å². The SMILES string of the molecule is C=C1c2ccccc2C(=O)N1CC(=O)OCC(=O)c1cc(C)n(-c2ccc(C)c(F)c2)c1C. The number of rotatable bonds is 6. The number of esters is 1. The Morgan fingerprint density at radius 2 is 1.73 bits per heavy atom. The van der Waals surface area contributed by atoms with E-state index in [0.717, 1.165) is 5.69 Å². The molecule has 0 saturated carbocycles. The molecular formula is C26H23FN2O4. The Balaban J connectivity index is 1.43. The number of carbonyl (C=O) groups is 3. The van der Waals surface area contributed by atoms with Crippen molar-refractivity contribution in [2.45, 2.75) is 20.8 Å². The van der Waals surface area contributed by atoms with Gasteiger partial charge in [-0.15, -0.1) is 0 Å². The van der Waals surface area contributed by atoms with Gasteiger partial charge in [-0.2, -0.15) is 0 Å². The molecule has 0 N–H and O–H groups in total. The molecule has 6 nitrogen and oxygen atoms in total. The first kappa shape index (κ1) is 22.2. The average Bonchev–Trinajstić information content (AvgIpc) is 3.22. The van der Waals surface area contributed by atoms with Crippen LogP contribution < -0.4 is 0 Å². The van der Waals surface area contributed by atoms with E-state index in [1.807, 2.05) is 6.92 Å². The molecule has 2 heterocycles. The summed E-state index contributed by atoms with van der Waals surface area (Å²) in [5.74, 6) is -1.75. The zero-order valence-corrected chi connectivity index (χ0v) is 18.6. The van der Waals surface area contributed by atoms with E-state index in [2.05, 4.69) is 6.58 Å². The van der Waals surface area contributed by atoms with E-state index in [1.54, 1.807) is 60.9 Å². The highest BCUT2D eigenvalue weighted by molar-refractivity contribution is 6.10. The molecule has 3 aromatic rings. The summed E-state index contributed by atoms with van der Waals surface area (Å²) in [5.41, 5.74) is 4.47. The van der Waals surface area contributed by atoms with Gasteiger partial charge in [0.15, 0.2) is 6.61 Å². The van der Waals surface area contributed by atoms with Crippen molar-refractivity contribution in [1.29, 1.82) is 0 Å². The zero-order valence-electron chi connectivity index (χ0n) is 18.6. The van der Waals surface area contributed by atoms with Crippen LogP contribution in [0.5, 0.6) is 0 Å². The number of Topliss-reactive ketones (excluding diaryl/α,β-unsaturated/α-hetero) is 1. The van der Waals surface area contributed by atoms with Crippen LogP contribution in [0, 0.1) is 26.6 Å². The molecule has 0 atom stereocenters. The number of hydrogen-bond acceptors (Lipinski definition) is 4. The number of aromatic nitrogens is 1. The predicted octanol–water partition coefficient (Wildman–Crippen LogP) is 4.39. The van der Waals surface area contributed by atoms with Crippen molar-refractivity contribution in [2.24, 2.45) is 0 Å². The summed E-state index contributed by atoms with van der Waals surface area (Å²) in [6, 6.07) is 13.5. The van der Waals surface area contributed by atoms with Crippen LogP contribution in [-0.4, -0.2) is 40.3 Å². The van der Waals surface area contributed by atoms with Gasteiger partial charge in [0.1, 0.15) is 12.4 Å². The molecule has 1 amide bonds. The van der Waals surface area contributed by atoms with Crippen LogP contribution in [0.4, 0.5) is 4.39 Å². The van der Waals surface area contributed by atoms with E-state index in [0.29, 0.717) is 39.3 Å². The van der Waals surface area contributed by atoms with Crippen molar-refractivity contribution in [3.8, 4) is 5.69 Å². The molecule has 1 aliphatic heterocycles. The number of carbonyl (C=O) groups excluding carboxylic acids is 3. The Labute approximate surface area is 190 Å². The number of hydrogen-bond donors (Lipinski definition) is 0. The van der Waals surface area contributed by atoms with Crippen molar-refractivity contribution >= 4 is 23.4 Å². The Bertz CT molecular complexity index is 1290. The molecule has 0 aliphatic carbocycles. The summed E-state index contributed by atoms with van der Waals surface area (Å²) >= 11 is 0. The fourth-order valence-corrected chi connectivity index (χ4v) is 4.06. The normalized spacial score (nSPS) is 12.8. The third-order valence-electron chi connectivity index (χ3n) is 5.84. The van der Waals surface area contributed by atoms with Gasteiger partial charge in [0.25, 0.3) is 5.91 Å². The van der Waals surface area contributed by atoms with E-state index >= 15 is 0 Å². The highest BCUT2D eigenvalue weighted by atomic mass is 19.1. The molecule has 4 rings (SSSR count). The average molecular weight is 446 g/mol. The third kappa shape index (κ3) is 3.98. The molecule has 0 radical (unpaired) electrons. The minimum absolute atomic E-state index is 0.326. The minimum Gasteiger partial charge on any atom is -0.456 e. The molecule has 0 unspecified atom stereocenters. The molecule has 168 valence electrons. The van der Waals surface area contributed by atoms with E-state index in [-0.39, 0.29) is 24.1 Å². The van der Waals surface area contributed by atoms with Crippen molar-refractivity contribution < 1.29 is 23.5 Å². The Kier molecular flexibility index (Phi) is 5.72. The van der Waals surface area contributed by atoms with Gasteiger partial charge >= 0.3 is 5.97 Å². The van der Waals surface area contributed by atoms with Gasteiger partial charge in [-0.3, -0.25) is 19.3 Å². The summed E-state index contributed by atoms with van der Waals surface area (Å²) in [4.78, 5) is 38.9. The molecule has 2 aromatic carbocycles. The second kappa shape index (κ2) is 8.50. The van der Waals surface area contributed by atoms with Gasteiger partial charge in [-0.1, -0.05) is 30.8 Å². The number of amides is 1. The van der Waals surface area contributed by atoms with Crippen LogP contribution in [0.3, 0.4) is 0 Å². The molecule has 1 aliphatic rings. The predicted molar refractivity (Wildman–Crippen MR) is 122 cm³/mol. The first-order valence-corrected chi connectivity index (χ1v) is 10.4. The van der Waals surface area contributed by atoms with Crippen molar-refractivity contribution in [1.82, 2.24) is 9.47 Å². The maximum Gasteiger partial charge on any atom is 0.326 e. The molecule has 7 heteroatoms. The number of ketones is 1. The quantitative estimate of drug-likeness (QED) is 0.416. The van der Waals surface area contributed by atoms with Gasteiger partial charge < -0.3 is 9.30 Å². The van der Waals surface area contributed by atoms with Crippen LogP contribution in [0.25, 0.3) is 11.4 Å². The summed E-state index contributed by atoms with van der Waals surface area (Å²) in [6.07, 6.45) is 0. The molecule has 33 heavy (non-hydrogen) atoms. The van der Waals surface area contributed by atoms with Crippen LogP contribution in [0.15, 0.2) is 55.1 Å². The molecule has 0 fully saturated rings. The van der Waals surface area contributed by atoms with E-state index in [4.69, 9.17) is 4.74 Å². The van der Waals surface area contributed by atoms with Crippen LogP contribution >= 0.6 is 0 Å². The second-order valence-corrected chi connectivity index (χ2v) is 8.02. The minimum atomic E-state index is -0.708. The van der Waals surface area contributed by atoms with Crippen LogP contribution in [-0.2, 0) is 9.53 Å². The van der Waals surface area contributed by atoms with Crippen LogP contribution in [0.1, 0.15) is 43.2 Å². The summed E-state index contributed by atoms with van der Waals surface area (Å²) in [7, 11) is 0. The van der Waals surface area contributed by atoms with Crippen LogP contribution in [0.2, 0.25) is 0 Å². The summed E-state index contributed by atoms with van der Waals surface area (Å²) < 4.78 is 21.0. The fraction of sp³-hybridized carbons (Fsp3) is 0.192. The largest absolute Gasteiger partial charge is 0.456 e. The van der Waals surface area contributed by atoms with Gasteiger partial charge in [0, 0.05) is 39.5 Å². The monoisotopic (exact) mass is 446 g/mol. The Morgan fingerprint density at radius 1 is 1.03 bits per heavy atom. The number of fused-ring (bicyclic) bond motifs is 1. The Morgan fingerprint density at radius 3 is 2.39 bits per heavy atom. The van der Waals surface area contributed by atoms with Gasteiger partial charge in [-0.25, -0.2) is 4.39 Å². The molecule has 0 saturated heterocycles. The smallest absolute Gasteiger partial charge is 0.326 e. The number of halogens is 1. The number of ether oxygens (including phenoxy) is 1. The number of aryl methyl sites for hydroxylation is 2. The maximum absolute atomic E-state index is 14.0. The zero-order chi connectivity index (χ0) is 23.9. The lowest BCUT2D eigenvalue weighted by molar-refractivity contribution is -0.142. The summed E-state index contributed by atoms with van der Waals surface area (Å²) in [6.45, 7) is 8.34.